The van der Waals surface area contributed by atoms with Crippen LogP contribution >= 0.6 is 0 Å². The number of hydrogen-bond acceptors (Lipinski definition) is 3. The van der Waals surface area contributed by atoms with E-state index in [2.05, 4.69) is 28.6 Å². The van der Waals surface area contributed by atoms with Crippen molar-refractivity contribution in [2.45, 2.75) is 26.2 Å². The number of carbonyl (C=O) groups is 3. The predicted molar refractivity (Wildman–Crippen MR) is 112 cm³/mol. The Hall–Kier alpha value is -3.61. The first-order valence-corrected chi connectivity index (χ1v) is 9.52. The molecule has 0 aliphatic carbocycles. The number of primary amides is 1. The molecule has 1 aromatic heterocycles. The Morgan fingerprint density at radius 3 is 2.48 bits per heavy atom. The highest BCUT2D eigenvalue weighted by Crippen LogP contribution is 2.22. The van der Waals surface area contributed by atoms with Gasteiger partial charge in [0.05, 0.1) is 6.42 Å². The highest BCUT2D eigenvalue weighted by Gasteiger charge is 2.16. The van der Waals surface area contributed by atoms with Gasteiger partial charge in [0.2, 0.25) is 5.91 Å². The van der Waals surface area contributed by atoms with Gasteiger partial charge in [-0.3, -0.25) is 14.4 Å². The zero-order valence-electron chi connectivity index (χ0n) is 16.2. The van der Waals surface area contributed by atoms with E-state index in [4.69, 9.17) is 5.73 Å². The highest BCUT2D eigenvalue weighted by atomic mass is 16.2. The Bertz CT molecular complexity index is 1060. The van der Waals surface area contributed by atoms with Gasteiger partial charge in [-0.25, -0.2) is 0 Å². The summed E-state index contributed by atoms with van der Waals surface area (Å²) in [6, 6.07) is 12.9. The summed E-state index contributed by atoms with van der Waals surface area (Å²) < 4.78 is 0. The number of nitrogens with one attached hydrogen (secondary N) is 3. The summed E-state index contributed by atoms with van der Waals surface area (Å²) >= 11 is 0. The average molecular weight is 392 g/mol. The van der Waals surface area contributed by atoms with Crippen LogP contribution in [-0.2, 0) is 33.6 Å². The summed E-state index contributed by atoms with van der Waals surface area (Å²) in [5, 5.41) is 6.31. The third-order valence-electron chi connectivity index (χ3n) is 4.78. The van der Waals surface area contributed by atoms with Crippen molar-refractivity contribution >= 4 is 34.3 Å². The lowest BCUT2D eigenvalue weighted by Gasteiger charge is -2.10. The summed E-state index contributed by atoms with van der Waals surface area (Å²) in [6.07, 6.45) is 3.46. The molecular weight excluding hydrogens is 368 g/mol. The van der Waals surface area contributed by atoms with E-state index >= 15 is 0 Å². The second-order valence-electron chi connectivity index (χ2n) is 6.77. The van der Waals surface area contributed by atoms with Crippen molar-refractivity contribution in [1.82, 2.24) is 10.3 Å². The van der Waals surface area contributed by atoms with E-state index in [1.54, 1.807) is 24.3 Å². The SMILES string of the molecule is CCc1cccc2c(CCNC(=O)C(=O)Nc3ccccc3CC(N)=O)c[nH]c12. The Morgan fingerprint density at radius 2 is 1.72 bits per heavy atom. The monoisotopic (exact) mass is 392 g/mol. The van der Waals surface area contributed by atoms with Crippen LogP contribution in [0.4, 0.5) is 5.69 Å². The molecule has 0 unspecified atom stereocenters. The van der Waals surface area contributed by atoms with Crippen LogP contribution in [0.1, 0.15) is 23.6 Å². The van der Waals surface area contributed by atoms with Gasteiger partial charge in [-0.1, -0.05) is 43.3 Å². The normalized spacial score (nSPS) is 10.7. The Morgan fingerprint density at radius 1 is 0.966 bits per heavy atom. The first-order chi connectivity index (χ1) is 14.0. The molecule has 1 heterocycles. The van der Waals surface area contributed by atoms with Crippen LogP contribution in [0.15, 0.2) is 48.7 Å². The number of hydrogen-bond donors (Lipinski definition) is 4. The van der Waals surface area contributed by atoms with Crippen molar-refractivity contribution < 1.29 is 14.4 Å². The van der Waals surface area contributed by atoms with Gasteiger partial charge in [0, 0.05) is 29.3 Å². The molecule has 5 N–H and O–H groups in total. The summed E-state index contributed by atoms with van der Waals surface area (Å²) in [5.41, 5.74) is 9.62. The van der Waals surface area contributed by atoms with E-state index in [1.165, 1.54) is 5.56 Å². The molecule has 3 aromatic rings. The Kier molecular flexibility index (Phi) is 6.29. The first kappa shape index (κ1) is 20.1. The maximum atomic E-state index is 12.2. The average Bonchev–Trinajstić information content (AvgIpc) is 3.12. The van der Waals surface area contributed by atoms with Gasteiger partial charge < -0.3 is 21.4 Å². The van der Waals surface area contributed by atoms with Crippen LogP contribution in [0.2, 0.25) is 0 Å². The number of para-hydroxylation sites is 2. The number of benzene rings is 2. The van der Waals surface area contributed by atoms with Crippen LogP contribution in [0, 0.1) is 0 Å². The van der Waals surface area contributed by atoms with Crippen LogP contribution in [0.5, 0.6) is 0 Å². The molecule has 0 radical (unpaired) electrons. The number of aryl methyl sites for hydroxylation is 1. The lowest BCUT2D eigenvalue weighted by molar-refractivity contribution is -0.136. The first-order valence-electron chi connectivity index (χ1n) is 9.52. The van der Waals surface area contributed by atoms with Crippen molar-refractivity contribution in [3.63, 3.8) is 0 Å². The van der Waals surface area contributed by atoms with Crippen molar-refractivity contribution in [2.24, 2.45) is 5.73 Å². The standard InChI is InChI=1S/C22H24N4O3/c1-2-14-7-5-8-17-16(13-25-20(14)17)10-11-24-21(28)22(29)26-18-9-4-3-6-15(18)12-19(23)27/h3-9,13,25H,2,10-12H2,1H3,(H2,23,27)(H,24,28)(H,26,29). The fraction of sp³-hybridized carbons (Fsp3) is 0.227. The number of nitrogens with two attached hydrogens (primary N) is 1. The lowest BCUT2D eigenvalue weighted by Crippen LogP contribution is -2.36. The zero-order valence-corrected chi connectivity index (χ0v) is 16.2. The van der Waals surface area contributed by atoms with Gasteiger partial charge in [0.25, 0.3) is 0 Å². The Balaban J connectivity index is 1.58. The van der Waals surface area contributed by atoms with E-state index in [9.17, 15) is 14.4 Å². The van der Waals surface area contributed by atoms with Crippen LogP contribution in [0.3, 0.4) is 0 Å². The largest absolute Gasteiger partial charge is 0.369 e. The van der Waals surface area contributed by atoms with E-state index in [0.29, 0.717) is 24.2 Å². The molecule has 29 heavy (non-hydrogen) atoms. The maximum absolute atomic E-state index is 12.2. The quantitative estimate of drug-likeness (QED) is 0.461. The molecule has 3 rings (SSSR count). The van der Waals surface area contributed by atoms with E-state index in [-0.39, 0.29) is 6.42 Å². The number of carbonyl (C=O) groups excluding carboxylic acids is 3. The minimum Gasteiger partial charge on any atom is -0.369 e. The molecule has 3 amide bonds. The van der Waals surface area contributed by atoms with Gasteiger partial charge in [-0.05, 0) is 35.6 Å². The zero-order chi connectivity index (χ0) is 20.8. The van der Waals surface area contributed by atoms with Gasteiger partial charge in [0.1, 0.15) is 0 Å². The molecule has 0 aliphatic heterocycles. The van der Waals surface area contributed by atoms with Gasteiger partial charge >= 0.3 is 11.8 Å². The maximum Gasteiger partial charge on any atom is 0.313 e. The van der Waals surface area contributed by atoms with Crippen LogP contribution in [0.25, 0.3) is 10.9 Å². The molecule has 150 valence electrons. The van der Waals surface area contributed by atoms with Crippen molar-refractivity contribution in [1.29, 1.82) is 0 Å². The summed E-state index contributed by atoms with van der Waals surface area (Å²) in [5.74, 6) is -2.02. The van der Waals surface area contributed by atoms with Crippen LogP contribution in [-0.4, -0.2) is 29.3 Å². The second kappa shape index (κ2) is 9.05. The van der Waals surface area contributed by atoms with Gasteiger partial charge in [0.15, 0.2) is 0 Å². The molecule has 0 bridgehead atoms. The van der Waals surface area contributed by atoms with Crippen molar-refractivity contribution in [3.05, 3.63) is 65.4 Å². The minimum absolute atomic E-state index is 0.0155. The highest BCUT2D eigenvalue weighted by molar-refractivity contribution is 6.39. The summed E-state index contributed by atoms with van der Waals surface area (Å²) in [4.78, 5) is 38.8. The molecule has 7 heteroatoms. The molecule has 2 aromatic carbocycles. The van der Waals surface area contributed by atoms with Gasteiger partial charge in [-0.15, -0.1) is 0 Å². The second-order valence-corrected chi connectivity index (χ2v) is 6.77. The number of anilines is 1. The third-order valence-corrected chi connectivity index (χ3v) is 4.78. The Labute approximate surface area is 168 Å². The molecule has 7 nitrogen and oxygen atoms in total. The molecule has 0 saturated heterocycles. The number of H-pyrrole nitrogens is 1. The molecule has 0 aliphatic rings. The summed E-state index contributed by atoms with van der Waals surface area (Å²) in [6.45, 7) is 2.44. The van der Waals surface area contributed by atoms with E-state index < -0.39 is 17.7 Å². The summed E-state index contributed by atoms with van der Waals surface area (Å²) in [7, 11) is 0. The van der Waals surface area contributed by atoms with E-state index in [1.807, 2.05) is 18.3 Å². The third kappa shape index (κ3) is 4.82. The van der Waals surface area contributed by atoms with Gasteiger partial charge in [-0.2, -0.15) is 0 Å². The molecule has 0 saturated carbocycles. The fourth-order valence-corrected chi connectivity index (χ4v) is 3.33. The molecular formula is C22H24N4O3. The van der Waals surface area contributed by atoms with E-state index in [0.717, 1.165) is 22.9 Å². The number of amides is 3. The minimum atomic E-state index is -0.783. The topological polar surface area (TPSA) is 117 Å². The lowest BCUT2D eigenvalue weighted by atomic mass is 10.1. The molecule has 0 fully saturated rings. The van der Waals surface area contributed by atoms with Crippen molar-refractivity contribution in [3.8, 4) is 0 Å². The molecule has 0 spiro atoms. The number of fused-ring (bicyclic) bond motifs is 1. The van der Waals surface area contributed by atoms with Crippen LogP contribution < -0.4 is 16.4 Å². The smallest absolute Gasteiger partial charge is 0.313 e. The number of rotatable bonds is 7. The predicted octanol–water partition coefficient (Wildman–Crippen LogP) is 2.06. The fourth-order valence-electron chi connectivity index (χ4n) is 3.33. The number of aromatic amines is 1. The number of aromatic nitrogens is 1. The molecule has 0 atom stereocenters. The van der Waals surface area contributed by atoms with Crippen molar-refractivity contribution in [2.75, 3.05) is 11.9 Å².